The zero-order valence-corrected chi connectivity index (χ0v) is 15.2. The van der Waals surface area contributed by atoms with E-state index in [9.17, 15) is 0 Å². The summed E-state index contributed by atoms with van der Waals surface area (Å²) in [6.45, 7) is 7.17. The minimum Gasteiger partial charge on any atom is -0.497 e. The van der Waals surface area contributed by atoms with Crippen molar-refractivity contribution >= 4 is 19.1 Å². The third-order valence-electron chi connectivity index (χ3n) is 3.98. The van der Waals surface area contributed by atoms with Gasteiger partial charge in [0.25, 0.3) is 0 Å². The molecule has 2 aromatic carbocycles. The molecule has 0 aliphatic rings. The Morgan fingerprint density at radius 2 is 1.74 bits per heavy atom. The van der Waals surface area contributed by atoms with Crippen LogP contribution in [0.4, 0.5) is 0 Å². The summed E-state index contributed by atoms with van der Waals surface area (Å²) in [5.74, 6) is 0.879. The number of hydrogen-bond acceptors (Lipinski definition) is 3. The molecule has 0 aliphatic carbocycles. The predicted molar refractivity (Wildman–Crippen MR) is 96.8 cm³/mol. The molecule has 1 atom stereocenters. The number of methoxy groups -OCH3 is 1. The van der Waals surface area contributed by atoms with Gasteiger partial charge in [-0.15, -0.1) is 5.10 Å². The average molecular weight is 325 g/mol. The highest BCUT2D eigenvalue weighted by atomic mass is 28.3. The lowest BCUT2D eigenvalue weighted by molar-refractivity contribution is 0.414. The fourth-order valence-corrected chi connectivity index (χ4v) is 4.44. The van der Waals surface area contributed by atoms with E-state index in [4.69, 9.17) is 4.74 Å². The molecule has 1 aromatic heterocycles. The molecule has 0 aliphatic heterocycles. The smallest absolute Gasteiger partial charge is 0.118 e. The van der Waals surface area contributed by atoms with Gasteiger partial charge in [-0.25, -0.2) is 4.68 Å². The van der Waals surface area contributed by atoms with Gasteiger partial charge in [-0.1, -0.05) is 49.1 Å². The van der Waals surface area contributed by atoms with Gasteiger partial charge in [-0.2, -0.15) is 0 Å². The van der Waals surface area contributed by atoms with Crippen molar-refractivity contribution in [1.29, 1.82) is 0 Å². The third kappa shape index (κ3) is 3.45. The molecule has 0 saturated heterocycles. The Morgan fingerprint density at radius 3 is 2.39 bits per heavy atom. The predicted octanol–water partition coefficient (Wildman–Crippen LogP) is 4.37. The van der Waals surface area contributed by atoms with E-state index >= 15 is 0 Å². The Kier molecular flexibility index (Phi) is 4.22. The highest BCUT2D eigenvalue weighted by Gasteiger charge is 2.25. The molecule has 0 N–H and O–H groups in total. The Balaban J connectivity index is 2.07. The van der Waals surface area contributed by atoms with E-state index in [1.807, 2.05) is 30.3 Å². The Morgan fingerprint density at radius 1 is 1.04 bits per heavy atom. The summed E-state index contributed by atoms with van der Waals surface area (Å²) < 4.78 is 7.36. The first-order chi connectivity index (χ1) is 11.0. The Labute approximate surface area is 138 Å². The molecule has 0 amide bonds. The lowest BCUT2D eigenvalue weighted by Gasteiger charge is -2.25. The van der Waals surface area contributed by atoms with Crippen molar-refractivity contribution in [2.24, 2.45) is 0 Å². The van der Waals surface area contributed by atoms with Crippen molar-refractivity contribution in [3.05, 3.63) is 54.1 Å². The van der Waals surface area contributed by atoms with E-state index in [0.29, 0.717) is 0 Å². The molecule has 23 heavy (non-hydrogen) atoms. The molecule has 0 radical (unpaired) electrons. The van der Waals surface area contributed by atoms with Crippen LogP contribution in [0.2, 0.25) is 25.7 Å². The molecular weight excluding hydrogens is 302 g/mol. The maximum atomic E-state index is 5.28. The van der Waals surface area contributed by atoms with Crippen LogP contribution in [0.1, 0.15) is 11.6 Å². The summed E-state index contributed by atoms with van der Waals surface area (Å²) in [4.78, 5) is 0. The van der Waals surface area contributed by atoms with Crippen molar-refractivity contribution < 1.29 is 4.74 Å². The second-order valence-electron chi connectivity index (χ2n) is 7.08. The van der Waals surface area contributed by atoms with Crippen LogP contribution < -0.4 is 4.74 Å². The summed E-state index contributed by atoms with van der Waals surface area (Å²) in [7, 11) is 0.406. The third-order valence-corrected chi connectivity index (χ3v) is 5.59. The molecule has 0 fully saturated rings. The molecule has 3 rings (SSSR count). The SMILES string of the molecule is COc1ccc(C(C[Si](C)(C)C)n2nnc3ccccc32)cc1. The van der Waals surface area contributed by atoms with E-state index in [2.05, 4.69) is 52.8 Å². The van der Waals surface area contributed by atoms with Gasteiger partial charge in [0.2, 0.25) is 0 Å². The van der Waals surface area contributed by atoms with Crippen LogP contribution in [0.25, 0.3) is 11.0 Å². The fourth-order valence-electron chi connectivity index (χ4n) is 2.87. The van der Waals surface area contributed by atoms with Crippen LogP contribution in [-0.2, 0) is 0 Å². The molecule has 3 aromatic rings. The van der Waals surface area contributed by atoms with E-state index in [1.54, 1.807) is 7.11 Å². The van der Waals surface area contributed by atoms with Crippen LogP contribution >= 0.6 is 0 Å². The minimum atomic E-state index is -1.29. The molecule has 1 heterocycles. The zero-order chi connectivity index (χ0) is 16.4. The van der Waals surface area contributed by atoms with Gasteiger partial charge in [0.15, 0.2) is 0 Å². The second kappa shape index (κ2) is 6.16. The quantitative estimate of drug-likeness (QED) is 0.654. The Bertz CT molecular complexity index is 790. The summed E-state index contributed by atoms with van der Waals surface area (Å²) in [6, 6.07) is 17.8. The van der Waals surface area contributed by atoms with Gasteiger partial charge in [-0.05, 0) is 35.9 Å². The molecule has 5 heteroatoms. The lowest BCUT2D eigenvalue weighted by Crippen LogP contribution is -2.27. The number of aromatic nitrogens is 3. The van der Waals surface area contributed by atoms with Crippen molar-refractivity contribution in [2.75, 3.05) is 7.11 Å². The minimum absolute atomic E-state index is 0.208. The Hall–Kier alpha value is -2.14. The molecule has 120 valence electrons. The van der Waals surface area contributed by atoms with Crippen LogP contribution in [-0.4, -0.2) is 30.2 Å². The number of hydrogen-bond donors (Lipinski definition) is 0. The summed E-state index contributed by atoms with van der Waals surface area (Å²) in [5, 5.41) is 8.79. The molecule has 0 bridgehead atoms. The molecular formula is C18H23N3OSi. The molecule has 1 unspecified atom stereocenters. The summed E-state index contributed by atoms with van der Waals surface area (Å²) in [6.07, 6.45) is 0. The van der Waals surface area contributed by atoms with Gasteiger partial charge >= 0.3 is 0 Å². The van der Waals surface area contributed by atoms with Crippen LogP contribution in [0.5, 0.6) is 5.75 Å². The van der Waals surface area contributed by atoms with E-state index in [-0.39, 0.29) is 6.04 Å². The largest absolute Gasteiger partial charge is 0.497 e. The number of para-hydroxylation sites is 1. The standard InChI is InChI=1S/C18H23N3OSi/c1-22-15-11-9-14(10-12-15)18(13-23(2,3)4)21-17-8-6-5-7-16(17)19-20-21/h5-12,18H,13H2,1-4H3. The first-order valence-electron chi connectivity index (χ1n) is 7.92. The normalized spacial score (nSPS) is 13.2. The van der Waals surface area contributed by atoms with Gasteiger partial charge < -0.3 is 4.74 Å². The number of ether oxygens (including phenoxy) is 1. The first kappa shape index (κ1) is 15.7. The van der Waals surface area contributed by atoms with Crippen LogP contribution in [0.3, 0.4) is 0 Å². The highest BCUT2D eigenvalue weighted by Crippen LogP contribution is 2.31. The number of nitrogens with zero attached hydrogens (tertiary/aromatic N) is 3. The van der Waals surface area contributed by atoms with E-state index < -0.39 is 8.07 Å². The van der Waals surface area contributed by atoms with Gasteiger partial charge in [0, 0.05) is 8.07 Å². The molecule has 0 saturated carbocycles. The maximum absolute atomic E-state index is 5.28. The van der Waals surface area contributed by atoms with Crippen LogP contribution in [0.15, 0.2) is 48.5 Å². The monoisotopic (exact) mass is 325 g/mol. The maximum Gasteiger partial charge on any atom is 0.118 e. The van der Waals surface area contributed by atoms with Gasteiger partial charge in [0.05, 0.1) is 18.7 Å². The van der Waals surface area contributed by atoms with Gasteiger partial charge in [0.1, 0.15) is 11.3 Å². The summed E-state index contributed by atoms with van der Waals surface area (Å²) in [5.41, 5.74) is 3.29. The summed E-state index contributed by atoms with van der Waals surface area (Å²) >= 11 is 0. The van der Waals surface area contributed by atoms with Crippen LogP contribution in [0, 0.1) is 0 Å². The lowest BCUT2D eigenvalue weighted by atomic mass is 10.1. The number of benzene rings is 2. The van der Waals surface area contributed by atoms with Crippen molar-refractivity contribution in [1.82, 2.24) is 15.0 Å². The number of fused-ring (bicyclic) bond motifs is 1. The highest BCUT2D eigenvalue weighted by molar-refractivity contribution is 6.76. The molecule has 4 nitrogen and oxygen atoms in total. The van der Waals surface area contributed by atoms with Crippen molar-refractivity contribution in [3.8, 4) is 5.75 Å². The first-order valence-corrected chi connectivity index (χ1v) is 11.6. The van der Waals surface area contributed by atoms with E-state index in [0.717, 1.165) is 22.8 Å². The zero-order valence-electron chi connectivity index (χ0n) is 14.2. The second-order valence-corrected chi connectivity index (χ2v) is 12.6. The topological polar surface area (TPSA) is 39.9 Å². The molecule has 0 spiro atoms. The van der Waals surface area contributed by atoms with Gasteiger partial charge in [-0.3, -0.25) is 0 Å². The fraction of sp³-hybridized carbons (Fsp3) is 0.333. The van der Waals surface area contributed by atoms with Crippen molar-refractivity contribution in [3.63, 3.8) is 0 Å². The average Bonchev–Trinajstić information content (AvgIpc) is 2.96. The van der Waals surface area contributed by atoms with E-state index in [1.165, 1.54) is 5.56 Å². The van der Waals surface area contributed by atoms with Crippen molar-refractivity contribution in [2.45, 2.75) is 31.7 Å². The number of rotatable bonds is 5.